The molecule has 0 aliphatic heterocycles. The lowest BCUT2D eigenvalue weighted by molar-refractivity contribution is -0.385. The molecule has 8 nitrogen and oxygen atoms in total. The Kier molecular flexibility index (Phi) is 4.13. The number of azide groups is 1. The molecule has 0 radical (unpaired) electrons. The highest BCUT2D eigenvalue weighted by Crippen LogP contribution is 2.38. The molecule has 0 aliphatic carbocycles. The van der Waals surface area contributed by atoms with Gasteiger partial charge in [0.25, 0.3) is 0 Å². The fraction of sp³-hybridized carbons (Fsp3) is 0.333. The van der Waals surface area contributed by atoms with E-state index in [1.165, 1.54) is 26.4 Å². The van der Waals surface area contributed by atoms with Gasteiger partial charge < -0.3 is 9.47 Å². The van der Waals surface area contributed by atoms with Crippen molar-refractivity contribution in [2.24, 2.45) is 5.11 Å². The van der Waals surface area contributed by atoms with Crippen LogP contribution < -0.4 is 9.47 Å². The molecule has 0 aliphatic rings. The normalized spacial score (nSPS) is 9.29. The number of nitro groups is 1. The van der Waals surface area contributed by atoms with E-state index in [0.29, 0.717) is 5.56 Å². The number of rotatable bonds is 5. The minimum atomic E-state index is -0.582. The van der Waals surface area contributed by atoms with E-state index in [0.717, 1.165) is 0 Å². The minimum Gasteiger partial charge on any atom is -0.493 e. The summed E-state index contributed by atoms with van der Waals surface area (Å²) in [4.78, 5) is 12.8. The Balaban J connectivity index is 3.33. The molecule has 0 amide bonds. The summed E-state index contributed by atoms with van der Waals surface area (Å²) < 4.78 is 9.90. The van der Waals surface area contributed by atoms with E-state index in [-0.39, 0.29) is 23.7 Å². The van der Waals surface area contributed by atoms with Gasteiger partial charge in [0.15, 0.2) is 5.75 Å². The van der Waals surface area contributed by atoms with Crippen LogP contribution in [-0.2, 0) is 6.54 Å². The van der Waals surface area contributed by atoms with Gasteiger partial charge in [-0.1, -0.05) is 5.11 Å². The molecule has 8 heteroatoms. The van der Waals surface area contributed by atoms with Crippen LogP contribution in [0.15, 0.2) is 17.2 Å². The monoisotopic (exact) mass is 238 g/mol. The highest BCUT2D eigenvalue weighted by atomic mass is 16.6. The van der Waals surface area contributed by atoms with Gasteiger partial charge in [0, 0.05) is 11.0 Å². The molecule has 1 aromatic carbocycles. The zero-order valence-corrected chi connectivity index (χ0v) is 9.28. The van der Waals surface area contributed by atoms with Crippen LogP contribution in [0.1, 0.15) is 5.56 Å². The first-order chi connectivity index (χ1) is 8.13. The summed E-state index contributed by atoms with van der Waals surface area (Å²) in [5.41, 5.74) is 8.45. The molecule has 1 rings (SSSR count). The number of nitro benzene ring substituents is 1. The first kappa shape index (κ1) is 12.6. The molecule has 0 unspecified atom stereocenters. The molecule has 0 saturated carbocycles. The van der Waals surface area contributed by atoms with Gasteiger partial charge in [0.05, 0.1) is 25.7 Å². The van der Waals surface area contributed by atoms with E-state index < -0.39 is 4.92 Å². The molecule has 0 heterocycles. The molecule has 0 bridgehead atoms. The van der Waals surface area contributed by atoms with Crippen LogP contribution in [0.25, 0.3) is 10.4 Å². The van der Waals surface area contributed by atoms with E-state index in [1.807, 2.05) is 0 Å². The third-order valence-corrected chi connectivity index (χ3v) is 2.03. The molecular weight excluding hydrogens is 228 g/mol. The summed E-state index contributed by atoms with van der Waals surface area (Å²) in [7, 11) is 2.69. The lowest BCUT2D eigenvalue weighted by Crippen LogP contribution is -1.98. The number of benzene rings is 1. The van der Waals surface area contributed by atoms with Crippen molar-refractivity contribution in [1.82, 2.24) is 0 Å². The lowest BCUT2D eigenvalue weighted by Gasteiger charge is -2.09. The SMILES string of the molecule is COc1cc(CN=[N+]=[N-])cc([N+](=O)[O-])c1OC. The molecule has 0 fully saturated rings. The number of ether oxygens (including phenoxy) is 2. The predicted molar refractivity (Wildman–Crippen MR) is 59.1 cm³/mol. The second kappa shape index (κ2) is 5.57. The van der Waals surface area contributed by atoms with Crippen LogP contribution in [0.4, 0.5) is 5.69 Å². The molecular formula is C9H10N4O4. The number of nitrogens with zero attached hydrogens (tertiary/aromatic N) is 4. The molecule has 0 atom stereocenters. The summed E-state index contributed by atoms with van der Waals surface area (Å²) in [5.74, 6) is 0.270. The molecule has 17 heavy (non-hydrogen) atoms. The van der Waals surface area contributed by atoms with Crippen LogP contribution >= 0.6 is 0 Å². The van der Waals surface area contributed by atoms with Crippen LogP contribution in [0.5, 0.6) is 11.5 Å². The predicted octanol–water partition coefficient (Wildman–Crippen LogP) is 2.42. The maximum absolute atomic E-state index is 10.8. The van der Waals surface area contributed by atoms with Crippen LogP contribution in [0.2, 0.25) is 0 Å². The van der Waals surface area contributed by atoms with Gasteiger partial charge in [-0.2, -0.15) is 0 Å². The van der Waals surface area contributed by atoms with Gasteiger partial charge in [0.2, 0.25) is 5.75 Å². The molecule has 0 saturated heterocycles. The van der Waals surface area contributed by atoms with Crippen LogP contribution in [0, 0.1) is 10.1 Å². The van der Waals surface area contributed by atoms with E-state index in [9.17, 15) is 10.1 Å². The summed E-state index contributed by atoms with van der Waals surface area (Å²) >= 11 is 0. The second-order valence-corrected chi connectivity index (χ2v) is 3.00. The number of methoxy groups -OCH3 is 2. The maximum atomic E-state index is 10.8. The summed E-state index contributed by atoms with van der Waals surface area (Å²) in [6, 6.07) is 2.82. The Morgan fingerprint density at radius 2 is 2.18 bits per heavy atom. The van der Waals surface area contributed by atoms with Gasteiger partial charge >= 0.3 is 5.69 Å². The summed E-state index contributed by atoms with van der Waals surface area (Å²) in [6.07, 6.45) is 0. The highest BCUT2D eigenvalue weighted by Gasteiger charge is 2.21. The molecule has 90 valence electrons. The van der Waals surface area contributed by atoms with E-state index in [1.54, 1.807) is 0 Å². The fourth-order valence-corrected chi connectivity index (χ4v) is 1.34. The molecule has 0 spiro atoms. The molecule has 0 aromatic heterocycles. The third kappa shape index (κ3) is 2.76. The second-order valence-electron chi connectivity index (χ2n) is 3.00. The highest BCUT2D eigenvalue weighted by molar-refractivity contribution is 5.58. The van der Waals surface area contributed by atoms with Crippen molar-refractivity contribution in [2.75, 3.05) is 14.2 Å². The molecule has 0 N–H and O–H groups in total. The standard InChI is InChI=1S/C9H10N4O4/c1-16-8-4-6(5-11-12-10)3-7(13(14)15)9(8)17-2/h3-4H,5H2,1-2H3. The van der Waals surface area contributed by atoms with E-state index >= 15 is 0 Å². The first-order valence-corrected chi connectivity index (χ1v) is 4.54. The van der Waals surface area contributed by atoms with Crippen molar-refractivity contribution in [2.45, 2.75) is 6.54 Å². The number of hydrogen-bond acceptors (Lipinski definition) is 5. The topological polar surface area (TPSA) is 110 Å². The zero-order chi connectivity index (χ0) is 12.8. The largest absolute Gasteiger partial charge is 0.493 e. The van der Waals surface area contributed by atoms with Gasteiger partial charge in [0.1, 0.15) is 0 Å². The van der Waals surface area contributed by atoms with Crippen molar-refractivity contribution >= 4 is 5.69 Å². The summed E-state index contributed by atoms with van der Waals surface area (Å²) in [6.45, 7) is 0.0116. The summed E-state index contributed by atoms with van der Waals surface area (Å²) in [5, 5.41) is 14.2. The molecule has 1 aromatic rings. The average molecular weight is 238 g/mol. The van der Waals surface area contributed by atoms with E-state index in [4.69, 9.17) is 15.0 Å². The average Bonchev–Trinajstić information content (AvgIpc) is 2.34. The Morgan fingerprint density at radius 1 is 1.47 bits per heavy atom. The Hall–Kier alpha value is -2.47. The van der Waals surface area contributed by atoms with Gasteiger partial charge in [-0.3, -0.25) is 10.1 Å². The van der Waals surface area contributed by atoms with Crippen molar-refractivity contribution in [3.8, 4) is 11.5 Å². The Morgan fingerprint density at radius 3 is 2.65 bits per heavy atom. The van der Waals surface area contributed by atoms with Crippen molar-refractivity contribution in [1.29, 1.82) is 0 Å². The maximum Gasteiger partial charge on any atom is 0.315 e. The first-order valence-electron chi connectivity index (χ1n) is 4.54. The Labute approximate surface area is 96.5 Å². The minimum absolute atomic E-state index is 0.0116. The zero-order valence-electron chi connectivity index (χ0n) is 9.28. The number of hydrogen-bond donors (Lipinski definition) is 0. The van der Waals surface area contributed by atoms with Crippen LogP contribution in [0.3, 0.4) is 0 Å². The smallest absolute Gasteiger partial charge is 0.315 e. The van der Waals surface area contributed by atoms with Crippen LogP contribution in [-0.4, -0.2) is 19.1 Å². The Bertz CT molecular complexity index is 482. The van der Waals surface area contributed by atoms with Gasteiger partial charge in [-0.15, -0.1) is 0 Å². The fourth-order valence-electron chi connectivity index (χ4n) is 1.34. The third-order valence-electron chi connectivity index (χ3n) is 2.03. The quantitative estimate of drug-likeness (QED) is 0.258. The van der Waals surface area contributed by atoms with Crippen molar-refractivity contribution in [3.05, 3.63) is 38.3 Å². The van der Waals surface area contributed by atoms with Gasteiger partial charge in [-0.25, -0.2) is 0 Å². The van der Waals surface area contributed by atoms with E-state index in [2.05, 4.69) is 10.0 Å². The van der Waals surface area contributed by atoms with Gasteiger partial charge in [-0.05, 0) is 17.2 Å². The van der Waals surface area contributed by atoms with Crippen molar-refractivity contribution < 1.29 is 14.4 Å². The lowest BCUT2D eigenvalue weighted by atomic mass is 10.1. The van der Waals surface area contributed by atoms with Crippen molar-refractivity contribution in [3.63, 3.8) is 0 Å².